The lowest BCUT2D eigenvalue weighted by molar-refractivity contribution is -0.137. The van der Waals surface area contributed by atoms with Gasteiger partial charge in [0.25, 0.3) is 0 Å². The number of carboxylic acid groups (broad SMARTS) is 1. The van der Waals surface area contributed by atoms with Crippen LogP contribution in [0, 0.1) is 0 Å². The molecule has 0 aromatic heterocycles. The fraction of sp³-hybridized carbons (Fsp3) is 0.308. The number of carboxylic acids is 1. The van der Waals surface area contributed by atoms with E-state index in [4.69, 9.17) is 10.8 Å². The van der Waals surface area contributed by atoms with Gasteiger partial charge in [-0.25, -0.2) is 4.79 Å². The molecule has 1 unspecified atom stereocenters. The molecule has 0 aliphatic rings. The number of aliphatic carboxylic acids is 1. The average Bonchev–Trinajstić information content (AvgIpc) is 2.46. The number of benzene rings is 1. The summed E-state index contributed by atoms with van der Waals surface area (Å²) in [6.45, 7) is 0. The first kappa shape index (κ1) is 17.0. The second-order valence-electron chi connectivity index (χ2n) is 4.08. The molecule has 0 radical (unpaired) electrons. The van der Waals surface area contributed by atoms with Crippen LogP contribution in [0.5, 0.6) is 0 Å². The van der Waals surface area contributed by atoms with Crippen molar-refractivity contribution in [3.05, 3.63) is 29.8 Å². The van der Waals surface area contributed by atoms with Gasteiger partial charge in [0.1, 0.15) is 6.04 Å². The number of ether oxygens (including phenoxy) is 1. The Hall–Kier alpha value is -2.06. The number of thioether (sulfide) groups is 1. The molecule has 21 heavy (non-hydrogen) atoms. The molecule has 1 rings (SSSR count). The normalized spacial score (nSPS) is 11.5. The number of rotatable bonds is 7. The van der Waals surface area contributed by atoms with Gasteiger partial charge in [-0.3, -0.25) is 9.59 Å². The van der Waals surface area contributed by atoms with E-state index in [-0.39, 0.29) is 17.4 Å². The molecule has 1 amide bonds. The van der Waals surface area contributed by atoms with Crippen LogP contribution in [-0.2, 0) is 14.3 Å². The standard InChI is InChI=1S/C13H16N2O5S/c1-20-13(19)8-2-4-9(5-3-8)15-11(16)7-21-6-10(14)12(17)18/h2-5,10H,6-7,14H2,1H3,(H,15,16)(H,17,18). The predicted octanol–water partition coefficient (Wildman–Crippen LogP) is 0.557. The van der Waals surface area contributed by atoms with Crippen molar-refractivity contribution < 1.29 is 24.2 Å². The summed E-state index contributed by atoms with van der Waals surface area (Å²) in [5.74, 6) is -1.57. The van der Waals surface area contributed by atoms with Crippen LogP contribution < -0.4 is 11.1 Å². The maximum absolute atomic E-state index is 11.6. The van der Waals surface area contributed by atoms with Crippen molar-refractivity contribution in [1.29, 1.82) is 0 Å². The summed E-state index contributed by atoms with van der Waals surface area (Å²) in [6.07, 6.45) is 0. The minimum Gasteiger partial charge on any atom is -0.480 e. The van der Waals surface area contributed by atoms with E-state index in [0.29, 0.717) is 11.3 Å². The van der Waals surface area contributed by atoms with Gasteiger partial charge in [0.2, 0.25) is 5.91 Å². The monoisotopic (exact) mass is 312 g/mol. The van der Waals surface area contributed by atoms with Crippen molar-refractivity contribution in [3.8, 4) is 0 Å². The van der Waals surface area contributed by atoms with Crippen LogP contribution in [0.4, 0.5) is 5.69 Å². The van der Waals surface area contributed by atoms with Crippen molar-refractivity contribution in [2.75, 3.05) is 23.9 Å². The highest BCUT2D eigenvalue weighted by Gasteiger charge is 2.12. The smallest absolute Gasteiger partial charge is 0.337 e. The Balaban J connectivity index is 2.41. The number of nitrogens with two attached hydrogens (primary N) is 1. The lowest BCUT2D eigenvalue weighted by Crippen LogP contribution is -2.33. The number of hydrogen-bond donors (Lipinski definition) is 3. The van der Waals surface area contributed by atoms with Crippen LogP contribution >= 0.6 is 11.8 Å². The lowest BCUT2D eigenvalue weighted by atomic mass is 10.2. The Kier molecular flexibility index (Phi) is 6.70. The molecule has 0 spiro atoms. The molecule has 114 valence electrons. The van der Waals surface area contributed by atoms with Crippen LogP contribution in [0.1, 0.15) is 10.4 Å². The Morgan fingerprint density at radius 1 is 1.33 bits per heavy atom. The summed E-state index contributed by atoms with van der Waals surface area (Å²) in [4.78, 5) is 33.4. The number of anilines is 1. The van der Waals surface area contributed by atoms with E-state index in [2.05, 4.69) is 10.1 Å². The molecule has 1 atom stereocenters. The summed E-state index contributed by atoms with van der Waals surface area (Å²) < 4.78 is 4.56. The third-order valence-corrected chi connectivity index (χ3v) is 3.50. The quantitative estimate of drug-likeness (QED) is 0.629. The number of esters is 1. The first-order valence-corrected chi connectivity index (χ1v) is 7.14. The predicted molar refractivity (Wildman–Crippen MR) is 79.3 cm³/mol. The highest BCUT2D eigenvalue weighted by Crippen LogP contribution is 2.11. The van der Waals surface area contributed by atoms with Crippen molar-refractivity contribution in [2.24, 2.45) is 5.73 Å². The highest BCUT2D eigenvalue weighted by molar-refractivity contribution is 8.00. The van der Waals surface area contributed by atoms with Crippen LogP contribution in [0.3, 0.4) is 0 Å². The molecule has 1 aromatic rings. The molecule has 0 saturated heterocycles. The van der Waals surface area contributed by atoms with Gasteiger partial charge in [-0.1, -0.05) is 0 Å². The Morgan fingerprint density at radius 3 is 2.48 bits per heavy atom. The van der Waals surface area contributed by atoms with E-state index in [0.717, 1.165) is 11.8 Å². The number of carbonyl (C=O) groups is 3. The van der Waals surface area contributed by atoms with E-state index in [1.807, 2.05) is 0 Å². The summed E-state index contributed by atoms with van der Waals surface area (Å²) in [6, 6.07) is 5.25. The van der Waals surface area contributed by atoms with Gasteiger partial charge in [-0.05, 0) is 24.3 Å². The number of carbonyl (C=O) groups excluding carboxylic acids is 2. The minimum absolute atomic E-state index is 0.0970. The zero-order valence-electron chi connectivity index (χ0n) is 11.4. The maximum atomic E-state index is 11.6. The Labute approximate surface area is 125 Å². The zero-order valence-corrected chi connectivity index (χ0v) is 12.2. The number of amides is 1. The zero-order chi connectivity index (χ0) is 15.8. The van der Waals surface area contributed by atoms with Crippen LogP contribution in [0.25, 0.3) is 0 Å². The number of hydrogen-bond acceptors (Lipinski definition) is 6. The largest absolute Gasteiger partial charge is 0.480 e. The first-order valence-electron chi connectivity index (χ1n) is 5.98. The van der Waals surface area contributed by atoms with Gasteiger partial charge in [0.15, 0.2) is 0 Å². The molecule has 8 heteroatoms. The van der Waals surface area contributed by atoms with Gasteiger partial charge in [-0.15, -0.1) is 11.8 Å². The molecule has 0 saturated carbocycles. The first-order chi connectivity index (χ1) is 9.93. The van der Waals surface area contributed by atoms with E-state index < -0.39 is 18.0 Å². The average molecular weight is 312 g/mol. The van der Waals surface area contributed by atoms with Crippen molar-refractivity contribution in [1.82, 2.24) is 0 Å². The molecule has 0 heterocycles. The van der Waals surface area contributed by atoms with Crippen molar-refractivity contribution in [3.63, 3.8) is 0 Å². The number of nitrogens with one attached hydrogen (secondary N) is 1. The highest BCUT2D eigenvalue weighted by atomic mass is 32.2. The molecular weight excluding hydrogens is 296 g/mol. The van der Waals surface area contributed by atoms with Gasteiger partial charge >= 0.3 is 11.9 Å². The molecule has 0 aliphatic heterocycles. The maximum Gasteiger partial charge on any atom is 0.337 e. The molecule has 1 aromatic carbocycles. The van der Waals surface area contributed by atoms with E-state index in [1.165, 1.54) is 19.2 Å². The molecule has 0 aliphatic carbocycles. The second kappa shape index (κ2) is 8.28. The van der Waals surface area contributed by atoms with Crippen molar-refractivity contribution >= 4 is 35.3 Å². The lowest BCUT2D eigenvalue weighted by Gasteiger charge is -2.07. The summed E-state index contributed by atoms with van der Waals surface area (Å²) in [5, 5.41) is 11.2. The van der Waals surface area contributed by atoms with E-state index >= 15 is 0 Å². The van der Waals surface area contributed by atoms with E-state index in [9.17, 15) is 14.4 Å². The Bertz CT molecular complexity index is 518. The minimum atomic E-state index is -1.10. The topological polar surface area (TPSA) is 119 Å². The fourth-order valence-electron chi connectivity index (χ4n) is 1.35. The Morgan fingerprint density at radius 2 is 1.95 bits per heavy atom. The van der Waals surface area contributed by atoms with Gasteiger partial charge < -0.3 is 20.9 Å². The van der Waals surface area contributed by atoms with Gasteiger partial charge in [0.05, 0.1) is 18.4 Å². The third-order valence-electron chi connectivity index (χ3n) is 2.44. The fourth-order valence-corrected chi connectivity index (χ4v) is 2.13. The van der Waals surface area contributed by atoms with Crippen molar-refractivity contribution in [2.45, 2.75) is 6.04 Å². The second-order valence-corrected chi connectivity index (χ2v) is 5.11. The van der Waals surface area contributed by atoms with Gasteiger partial charge in [-0.2, -0.15) is 0 Å². The number of methoxy groups -OCH3 is 1. The molecule has 4 N–H and O–H groups in total. The SMILES string of the molecule is COC(=O)c1ccc(NC(=O)CSCC(N)C(=O)O)cc1. The molecule has 7 nitrogen and oxygen atoms in total. The van der Waals surface area contributed by atoms with Crippen LogP contribution in [0.15, 0.2) is 24.3 Å². The molecular formula is C13H16N2O5S. The third kappa shape index (κ3) is 5.84. The summed E-state index contributed by atoms with van der Waals surface area (Å²) >= 11 is 1.14. The van der Waals surface area contributed by atoms with Crippen LogP contribution in [-0.4, -0.2) is 47.6 Å². The van der Waals surface area contributed by atoms with E-state index in [1.54, 1.807) is 12.1 Å². The van der Waals surface area contributed by atoms with Crippen LogP contribution in [0.2, 0.25) is 0 Å². The summed E-state index contributed by atoms with van der Waals surface area (Å²) in [5.41, 5.74) is 6.24. The molecule has 0 fully saturated rings. The van der Waals surface area contributed by atoms with Gasteiger partial charge in [0, 0.05) is 11.4 Å². The molecule has 0 bridgehead atoms. The summed E-state index contributed by atoms with van der Waals surface area (Å²) in [7, 11) is 1.29.